The fraction of sp³-hybridized carbons (Fsp3) is 0.176. The molecule has 0 aliphatic carbocycles. The van der Waals surface area contributed by atoms with Gasteiger partial charge in [0.2, 0.25) is 0 Å². The van der Waals surface area contributed by atoms with Crippen LogP contribution in [0, 0.1) is 6.92 Å². The van der Waals surface area contributed by atoms with Crippen LogP contribution in [-0.4, -0.2) is 38.4 Å². The Hall–Kier alpha value is -3.22. The molecule has 1 aromatic carbocycles. The third kappa shape index (κ3) is 2.05. The minimum atomic E-state index is -0.124. The van der Waals surface area contributed by atoms with Gasteiger partial charge in [-0.3, -0.25) is 4.79 Å². The molecule has 0 radical (unpaired) electrons. The van der Waals surface area contributed by atoms with Crippen molar-refractivity contribution in [1.82, 2.24) is 24.3 Å². The second kappa shape index (κ2) is 5.16. The lowest BCUT2D eigenvalue weighted by molar-refractivity contribution is 0.682. The maximum Gasteiger partial charge on any atom is 0.280 e. The van der Waals surface area contributed by atoms with Gasteiger partial charge in [-0.05, 0) is 13.0 Å². The summed E-state index contributed by atoms with van der Waals surface area (Å²) in [4.78, 5) is 21.5. The highest BCUT2D eigenvalue weighted by Crippen LogP contribution is 2.18. The van der Waals surface area contributed by atoms with Crippen LogP contribution in [-0.2, 0) is 0 Å². The second-order valence-corrected chi connectivity index (χ2v) is 5.82. The van der Waals surface area contributed by atoms with Gasteiger partial charge in [0.1, 0.15) is 0 Å². The van der Waals surface area contributed by atoms with Crippen LogP contribution in [0.25, 0.3) is 28.1 Å². The predicted octanol–water partition coefficient (Wildman–Crippen LogP) is 1.61. The van der Waals surface area contributed by atoms with Crippen molar-refractivity contribution >= 4 is 16.7 Å². The van der Waals surface area contributed by atoms with Crippen molar-refractivity contribution in [2.75, 3.05) is 19.1 Å². The van der Waals surface area contributed by atoms with Crippen LogP contribution < -0.4 is 10.6 Å². The van der Waals surface area contributed by atoms with Crippen molar-refractivity contribution in [3.05, 3.63) is 58.6 Å². The van der Waals surface area contributed by atoms with Crippen LogP contribution in [0.3, 0.4) is 0 Å². The van der Waals surface area contributed by atoms with E-state index in [4.69, 9.17) is 0 Å². The predicted molar refractivity (Wildman–Crippen MR) is 92.8 cm³/mol. The van der Waals surface area contributed by atoms with Crippen molar-refractivity contribution in [2.45, 2.75) is 6.92 Å². The maximum absolute atomic E-state index is 12.7. The molecule has 0 bridgehead atoms. The van der Waals surface area contributed by atoms with Gasteiger partial charge >= 0.3 is 0 Å². The SMILES string of the molecule is Cc1cc2c(cnc3nc(-c4ccccc4)nn32)c(=O)n1N(C)C. The number of rotatable bonds is 2. The van der Waals surface area contributed by atoms with E-state index < -0.39 is 0 Å². The zero-order chi connectivity index (χ0) is 16.8. The Morgan fingerprint density at radius 3 is 2.58 bits per heavy atom. The Kier molecular flexibility index (Phi) is 3.09. The van der Waals surface area contributed by atoms with Gasteiger partial charge in [0.15, 0.2) is 5.82 Å². The Morgan fingerprint density at radius 2 is 1.88 bits per heavy atom. The highest BCUT2D eigenvalue weighted by molar-refractivity contribution is 5.79. The molecule has 7 heteroatoms. The Balaban J connectivity index is 2.05. The standard InChI is InChI=1S/C17H16N6O/c1-11-9-14-13(16(24)23(11)21(2)3)10-18-17-19-15(20-22(14)17)12-7-5-4-6-8-12/h4-10H,1-3H3. The topological polar surface area (TPSA) is 68.3 Å². The number of pyridine rings is 1. The molecule has 4 rings (SSSR count). The van der Waals surface area contributed by atoms with Gasteiger partial charge in [-0.2, -0.15) is 9.50 Å². The summed E-state index contributed by atoms with van der Waals surface area (Å²) in [6.45, 7) is 1.89. The van der Waals surface area contributed by atoms with Gasteiger partial charge in [-0.15, -0.1) is 5.10 Å². The zero-order valence-corrected chi connectivity index (χ0v) is 13.6. The molecule has 0 N–H and O–H groups in total. The van der Waals surface area contributed by atoms with E-state index in [1.54, 1.807) is 20.4 Å². The molecule has 3 aromatic heterocycles. The number of aromatic nitrogens is 5. The minimum Gasteiger partial charge on any atom is -0.316 e. The first-order chi connectivity index (χ1) is 11.6. The summed E-state index contributed by atoms with van der Waals surface area (Å²) in [5.41, 5.74) is 2.31. The summed E-state index contributed by atoms with van der Waals surface area (Å²) in [6, 6.07) is 11.6. The minimum absolute atomic E-state index is 0.124. The maximum atomic E-state index is 12.7. The molecule has 0 atom stereocenters. The van der Waals surface area contributed by atoms with E-state index in [9.17, 15) is 4.79 Å². The van der Waals surface area contributed by atoms with E-state index >= 15 is 0 Å². The van der Waals surface area contributed by atoms with E-state index in [2.05, 4.69) is 15.1 Å². The van der Waals surface area contributed by atoms with Crippen LogP contribution in [0.5, 0.6) is 0 Å². The molecule has 7 nitrogen and oxygen atoms in total. The highest BCUT2D eigenvalue weighted by Gasteiger charge is 2.14. The first-order valence-corrected chi connectivity index (χ1v) is 7.57. The Labute approximate surface area is 137 Å². The van der Waals surface area contributed by atoms with Gasteiger partial charge in [-0.1, -0.05) is 30.3 Å². The highest BCUT2D eigenvalue weighted by atomic mass is 16.1. The van der Waals surface area contributed by atoms with Crippen LogP contribution in [0.4, 0.5) is 0 Å². The van der Waals surface area contributed by atoms with Gasteiger partial charge in [0.05, 0.1) is 10.9 Å². The van der Waals surface area contributed by atoms with E-state index in [1.165, 1.54) is 0 Å². The Morgan fingerprint density at radius 1 is 1.12 bits per heavy atom. The molecule has 0 aliphatic rings. The zero-order valence-electron chi connectivity index (χ0n) is 13.6. The number of aryl methyl sites for hydroxylation is 1. The number of fused-ring (bicyclic) bond motifs is 3. The summed E-state index contributed by atoms with van der Waals surface area (Å²) in [5.74, 6) is 1.06. The average Bonchev–Trinajstić information content (AvgIpc) is 3.00. The summed E-state index contributed by atoms with van der Waals surface area (Å²) in [7, 11) is 3.66. The van der Waals surface area contributed by atoms with Gasteiger partial charge in [0, 0.05) is 31.5 Å². The third-order valence-electron chi connectivity index (χ3n) is 3.94. The van der Waals surface area contributed by atoms with Crippen molar-refractivity contribution < 1.29 is 0 Å². The van der Waals surface area contributed by atoms with Crippen LogP contribution in [0.1, 0.15) is 5.69 Å². The summed E-state index contributed by atoms with van der Waals surface area (Å²) < 4.78 is 3.23. The molecule has 120 valence electrons. The van der Waals surface area contributed by atoms with E-state index in [0.717, 1.165) is 11.3 Å². The second-order valence-electron chi connectivity index (χ2n) is 5.82. The molecule has 24 heavy (non-hydrogen) atoms. The van der Waals surface area contributed by atoms with Crippen LogP contribution in [0.2, 0.25) is 0 Å². The van der Waals surface area contributed by atoms with E-state index in [1.807, 2.05) is 57.4 Å². The lowest BCUT2D eigenvalue weighted by Gasteiger charge is -2.19. The van der Waals surface area contributed by atoms with Gasteiger partial charge in [-0.25, -0.2) is 9.66 Å². The Bertz CT molecular complexity index is 1110. The first kappa shape index (κ1) is 14.4. The molecular weight excluding hydrogens is 304 g/mol. The normalized spacial score (nSPS) is 11.3. The average molecular weight is 320 g/mol. The number of hydrogen-bond acceptors (Lipinski definition) is 5. The van der Waals surface area contributed by atoms with Crippen LogP contribution >= 0.6 is 0 Å². The quantitative estimate of drug-likeness (QED) is 0.561. The lowest BCUT2D eigenvalue weighted by Crippen LogP contribution is -2.37. The molecule has 0 unspecified atom stereocenters. The molecular formula is C17H16N6O. The van der Waals surface area contributed by atoms with Crippen LogP contribution in [0.15, 0.2) is 47.4 Å². The van der Waals surface area contributed by atoms with Crippen molar-refractivity contribution in [3.63, 3.8) is 0 Å². The number of nitrogens with zero attached hydrogens (tertiary/aromatic N) is 6. The van der Waals surface area contributed by atoms with Crippen molar-refractivity contribution in [1.29, 1.82) is 0 Å². The monoisotopic (exact) mass is 320 g/mol. The van der Waals surface area contributed by atoms with Gasteiger partial charge in [0.25, 0.3) is 11.3 Å². The largest absolute Gasteiger partial charge is 0.316 e. The fourth-order valence-electron chi connectivity index (χ4n) is 2.90. The molecule has 0 fully saturated rings. The van der Waals surface area contributed by atoms with Crippen molar-refractivity contribution in [3.8, 4) is 11.4 Å². The number of hydrogen-bond donors (Lipinski definition) is 0. The summed E-state index contributed by atoms with van der Waals surface area (Å²) >= 11 is 0. The van der Waals surface area contributed by atoms with E-state index in [0.29, 0.717) is 22.5 Å². The van der Waals surface area contributed by atoms with Crippen molar-refractivity contribution in [2.24, 2.45) is 0 Å². The summed E-state index contributed by atoms with van der Waals surface area (Å²) in [6.07, 6.45) is 1.57. The molecule has 3 heterocycles. The number of benzene rings is 1. The molecule has 4 aromatic rings. The third-order valence-corrected chi connectivity index (χ3v) is 3.94. The molecule has 0 amide bonds. The first-order valence-electron chi connectivity index (χ1n) is 7.57. The molecule has 0 aliphatic heterocycles. The van der Waals surface area contributed by atoms with Gasteiger partial charge < -0.3 is 5.01 Å². The lowest BCUT2D eigenvalue weighted by atomic mass is 10.2. The molecule has 0 saturated carbocycles. The van der Waals surface area contributed by atoms with E-state index in [-0.39, 0.29) is 5.56 Å². The molecule has 0 saturated heterocycles. The molecule has 0 spiro atoms. The fourth-order valence-corrected chi connectivity index (χ4v) is 2.90. The smallest absolute Gasteiger partial charge is 0.280 e. The summed E-state index contributed by atoms with van der Waals surface area (Å²) in [5, 5.41) is 6.80.